The Hall–Kier alpha value is -2.38. The molecule has 1 aromatic heterocycles. The minimum Gasteiger partial charge on any atom is -0.479 e. The van der Waals surface area contributed by atoms with Crippen molar-refractivity contribution in [1.29, 1.82) is 0 Å². The number of aromatic nitrogens is 2. The van der Waals surface area contributed by atoms with Crippen molar-refractivity contribution in [3.63, 3.8) is 0 Å². The molecule has 24 heavy (non-hydrogen) atoms. The van der Waals surface area contributed by atoms with Gasteiger partial charge in [-0.05, 0) is 38.1 Å². The van der Waals surface area contributed by atoms with E-state index in [-0.39, 0.29) is 12.2 Å². The molecule has 0 radical (unpaired) electrons. The maximum Gasteiger partial charge on any atom is 0.331 e. The van der Waals surface area contributed by atoms with Gasteiger partial charge in [0, 0.05) is 18.3 Å². The van der Waals surface area contributed by atoms with Gasteiger partial charge in [0.1, 0.15) is 0 Å². The number of rotatable bonds is 6. The number of methoxy groups -OCH3 is 1. The van der Waals surface area contributed by atoms with Crippen molar-refractivity contribution in [2.75, 3.05) is 13.7 Å². The number of ether oxygens (including phenoxy) is 1. The van der Waals surface area contributed by atoms with Crippen LogP contribution in [0.2, 0.25) is 5.02 Å². The second kappa shape index (κ2) is 7.02. The van der Waals surface area contributed by atoms with Crippen molar-refractivity contribution in [3.8, 4) is 5.69 Å². The number of carboxylic acid groups (broad SMARTS) is 1. The summed E-state index contributed by atoms with van der Waals surface area (Å²) in [4.78, 5) is 23.8. The van der Waals surface area contributed by atoms with Gasteiger partial charge in [0.05, 0.1) is 23.6 Å². The van der Waals surface area contributed by atoms with E-state index >= 15 is 0 Å². The molecule has 0 spiro atoms. The Labute approximate surface area is 144 Å². The number of aliphatic carboxylic acids is 1. The monoisotopic (exact) mass is 351 g/mol. The van der Waals surface area contributed by atoms with Crippen molar-refractivity contribution in [2.24, 2.45) is 0 Å². The molecule has 0 bridgehead atoms. The molecule has 1 amide bonds. The van der Waals surface area contributed by atoms with Gasteiger partial charge in [-0.3, -0.25) is 4.79 Å². The molecular formula is C16H18ClN3O4. The quantitative estimate of drug-likeness (QED) is 0.830. The maximum atomic E-state index is 12.5. The van der Waals surface area contributed by atoms with Gasteiger partial charge in [-0.25, -0.2) is 9.48 Å². The molecule has 1 atom stereocenters. The molecule has 0 aliphatic carbocycles. The smallest absolute Gasteiger partial charge is 0.331 e. The summed E-state index contributed by atoms with van der Waals surface area (Å²) in [6, 6.07) is 6.97. The van der Waals surface area contributed by atoms with Gasteiger partial charge < -0.3 is 15.2 Å². The molecule has 2 rings (SSSR count). The van der Waals surface area contributed by atoms with Crippen LogP contribution in [0.5, 0.6) is 0 Å². The van der Waals surface area contributed by atoms with Gasteiger partial charge in [0.15, 0.2) is 5.54 Å². The average molecular weight is 352 g/mol. The number of carbonyl (C=O) groups excluding carboxylic acids is 1. The highest BCUT2D eigenvalue weighted by atomic mass is 35.5. The van der Waals surface area contributed by atoms with Crippen molar-refractivity contribution >= 4 is 23.5 Å². The molecule has 7 nitrogen and oxygen atoms in total. The van der Waals surface area contributed by atoms with E-state index in [0.717, 1.165) is 5.69 Å². The predicted octanol–water partition coefficient (Wildman–Crippen LogP) is 2.05. The van der Waals surface area contributed by atoms with E-state index in [4.69, 9.17) is 16.3 Å². The second-order valence-corrected chi connectivity index (χ2v) is 6.01. The first kappa shape index (κ1) is 18.0. The highest BCUT2D eigenvalue weighted by Crippen LogP contribution is 2.16. The van der Waals surface area contributed by atoms with Crippen LogP contribution in [0, 0.1) is 6.92 Å². The van der Waals surface area contributed by atoms with Crippen LogP contribution in [-0.4, -0.2) is 46.0 Å². The van der Waals surface area contributed by atoms with Crippen LogP contribution in [0.4, 0.5) is 0 Å². The summed E-state index contributed by atoms with van der Waals surface area (Å²) in [5.41, 5.74) is -0.0266. The van der Waals surface area contributed by atoms with Crippen LogP contribution < -0.4 is 5.32 Å². The van der Waals surface area contributed by atoms with E-state index in [1.165, 1.54) is 18.7 Å². The topological polar surface area (TPSA) is 93.5 Å². The molecule has 128 valence electrons. The number of aryl methyl sites for hydroxylation is 1. The van der Waals surface area contributed by atoms with Gasteiger partial charge in [0.2, 0.25) is 0 Å². The Kier molecular flexibility index (Phi) is 5.26. The molecule has 2 aromatic rings. The normalized spacial score (nSPS) is 13.3. The van der Waals surface area contributed by atoms with E-state index in [0.29, 0.717) is 10.7 Å². The first-order valence-electron chi connectivity index (χ1n) is 7.14. The number of hydrogen-bond acceptors (Lipinski definition) is 4. The molecule has 1 heterocycles. The predicted molar refractivity (Wildman–Crippen MR) is 88.7 cm³/mol. The summed E-state index contributed by atoms with van der Waals surface area (Å²) < 4.78 is 6.43. The molecule has 0 aliphatic rings. The summed E-state index contributed by atoms with van der Waals surface area (Å²) >= 11 is 5.86. The third-order valence-corrected chi connectivity index (χ3v) is 3.78. The van der Waals surface area contributed by atoms with E-state index in [9.17, 15) is 14.7 Å². The van der Waals surface area contributed by atoms with E-state index < -0.39 is 17.4 Å². The fourth-order valence-electron chi connectivity index (χ4n) is 2.17. The minimum absolute atomic E-state index is 0.154. The Balaban J connectivity index is 2.27. The molecule has 0 saturated carbocycles. The summed E-state index contributed by atoms with van der Waals surface area (Å²) in [5.74, 6) is -1.71. The Morgan fingerprint density at radius 2 is 2.00 bits per heavy atom. The Morgan fingerprint density at radius 1 is 1.38 bits per heavy atom. The van der Waals surface area contributed by atoms with Gasteiger partial charge in [-0.15, -0.1) is 0 Å². The number of amides is 1. The standard InChI is InChI=1S/C16H18ClN3O4/c1-10-13(14(21)18-16(2,9-24-3)15(22)23)8-20(19-10)12-6-4-11(17)5-7-12/h4-8H,9H2,1-3H3,(H,18,21)(H,22,23). The van der Waals surface area contributed by atoms with Gasteiger partial charge in [0.25, 0.3) is 5.91 Å². The van der Waals surface area contributed by atoms with Gasteiger partial charge >= 0.3 is 5.97 Å². The van der Waals surface area contributed by atoms with Crippen LogP contribution in [-0.2, 0) is 9.53 Å². The lowest BCUT2D eigenvalue weighted by Gasteiger charge is -2.25. The summed E-state index contributed by atoms with van der Waals surface area (Å²) in [7, 11) is 1.37. The van der Waals surface area contributed by atoms with Crippen LogP contribution in [0.3, 0.4) is 0 Å². The molecular weight excluding hydrogens is 334 g/mol. The zero-order chi connectivity index (χ0) is 17.9. The molecule has 2 N–H and O–H groups in total. The minimum atomic E-state index is -1.53. The Bertz CT molecular complexity index is 757. The SMILES string of the molecule is COCC(C)(NC(=O)c1cn(-c2ccc(Cl)cc2)nc1C)C(=O)O. The largest absolute Gasteiger partial charge is 0.479 e. The molecule has 0 aliphatic heterocycles. The van der Waals surface area contributed by atoms with Gasteiger partial charge in [-0.1, -0.05) is 11.6 Å². The highest BCUT2D eigenvalue weighted by molar-refractivity contribution is 6.30. The average Bonchev–Trinajstić information content (AvgIpc) is 2.90. The highest BCUT2D eigenvalue weighted by Gasteiger charge is 2.36. The number of halogens is 1. The number of carboxylic acids is 1. The van der Waals surface area contributed by atoms with E-state index in [2.05, 4.69) is 10.4 Å². The summed E-state index contributed by atoms with van der Waals surface area (Å²) in [6.07, 6.45) is 1.54. The van der Waals surface area contributed by atoms with Crippen LogP contribution >= 0.6 is 11.6 Å². The lowest BCUT2D eigenvalue weighted by atomic mass is 10.0. The molecule has 1 aromatic carbocycles. The van der Waals surface area contributed by atoms with Crippen molar-refractivity contribution in [1.82, 2.24) is 15.1 Å². The van der Waals surface area contributed by atoms with E-state index in [1.54, 1.807) is 37.4 Å². The molecule has 0 fully saturated rings. The van der Waals surface area contributed by atoms with Crippen molar-refractivity contribution in [3.05, 3.63) is 46.7 Å². The summed E-state index contributed by atoms with van der Waals surface area (Å²) in [6.45, 7) is 2.91. The number of hydrogen-bond donors (Lipinski definition) is 2. The third-order valence-electron chi connectivity index (χ3n) is 3.53. The summed E-state index contributed by atoms with van der Waals surface area (Å²) in [5, 5.41) is 16.7. The first-order chi connectivity index (χ1) is 11.3. The van der Waals surface area contributed by atoms with Crippen molar-refractivity contribution in [2.45, 2.75) is 19.4 Å². The van der Waals surface area contributed by atoms with Crippen molar-refractivity contribution < 1.29 is 19.4 Å². The van der Waals surface area contributed by atoms with Crippen LogP contribution in [0.25, 0.3) is 5.69 Å². The van der Waals surface area contributed by atoms with Gasteiger partial charge in [-0.2, -0.15) is 5.10 Å². The lowest BCUT2D eigenvalue weighted by molar-refractivity contribution is -0.145. The third kappa shape index (κ3) is 3.74. The number of carbonyl (C=O) groups is 2. The zero-order valence-corrected chi connectivity index (χ0v) is 14.3. The number of benzene rings is 1. The second-order valence-electron chi connectivity index (χ2n) is 5.57. The van der Waals surface area contributed by atoms with Crippen LogP contribution in [0.15, 0.2) is 30.5 Å². The number of nitrogens with one attached hydrogen (secondary N) is 1. The molecule has 1 unspecified atom stereocenters. The Morgan fingerprint density at radius 3 is 2.54 bits per heavy atom. The number of nitrogens with zero attached hydrogens (tertiary/aromatic N) is 2. The molecule has 8 heteroatoms. The lowest BCUT2D eigenvalue weighted by Crippen LogP contribution is -2.55. The molecule has 0 saturated heterocycles. The first-order valence-corrected chi connectivity index (χ1v) is 7.51. The fourth-order valence-corrected chi connectivity index (χ4v) is 2.29. The van der Waals surface area contributed by atoms with Crippen LogP contribution in [0.1, 0.15) is 23.0 Å². The van der Waals surface area contributed by atoms with E-state index in [1.807, 2.05) is 0 Å². The zero-order valence-electron chi connectivity index (χ0n) is 13.5. The fraction of sp³-hybridized carbons (Fsp3) is 0.312. The maximum absolute atomic E-state index is 12.5.